The molecule has 1 aromatic heterocycles. The quantitative estimate of drug-likeness (QED) is 0.488. The largest absolute Gasteiger partial charge is 0.475 e. The summed E-state index contributed by atoms with van der Waals surface area (Å²) in [5.41, 5.74) is 1.05. The van der Waals surface area contributed by atoms with Crippen LogP contribution in [0.4, 0.5) is 11.4 Å². The van der Waals surface area contributed by atoms with Crippen molar-refractivity contribution in [1.29, 1.82) is 0 Å². The van der Waals surface area contributed by atoms with Crippen molar-refractivity contribution >= 4 is 49.2 Å². The molecular weight excluding hydrogens is 464 g/mol. The predicted octanol–water partition coefficient (Wildman–Crippen LogP) is 4.17. The maximum absolute atomic E-state index is 12.8. The topological polar surface area (TPSA) is 126 Å². The lowest BCUT2D eigenvalue weighted by Crippen LogP contribution is -2.14. The van der Waals surface area contributed by atoms with E-state index in [9.17, 15) is 18.0 Å². The molecule has 0 saturated heterocycles. The van der Waals surface area contributed by atoms with Gasteiger partial charge in [-0.1, -0.05) is 15.9 Å². The second kappa shape index (κ2) is 8.10. The van der Waals surface area contributed by atoms with E-state index in [2.05, 4.69) is 26.0 Å². The number of carboxylic acids is 1. The smallest absolute Gasteiger partial charge is 0.371 e. The summed E-state index contributed by atoms with van der Waals surface area (Å²) in [5.74, 6) is -1.55. The molecule has 1 heterocycles. The molecule has 0 aliphatic rings. The van der Waals surface area contributed by atoms with Gasteiger partial charge in [0, 0.05) is 22.6 Å². The molecule has 29 heavy (non-hydrogen) atoms. The second-order valence-corrected chi connectivity index (χ2v) is 8.57. The van der Waals surface area contributed by atoms with Crippen LogP contribution in [-0.2, 0) is 14.8 Å². The van der Waals surface area contributed by atoms with Gasteiger partial charge in [0.2, 0.25) is 11.7 Å². The first-order chi connectivity index (χ1) is 13.7. The number of nitrogens with one attached hydrogen (secondary N) is 2. The number of anilines is 2. The van der Waals surface area contributed by atoms with Crippen LogP contribution in [-0.4, -0.2) is 25.4 Å². The number of carboxylic acid groups (broad SMARTS) is 1. The van der Waals surface area contributed by atoms with Gasteiger partial charge in [-0.2, -0.15) is 0 Å². The number of hydrogen-bond donors (Lipinski definition) is 3. The van der Waals surface area contributed by atoms with Gasteiger partial charge in [-0.3, -0.25) is 9.52 Å². The lowest BCUT2D eigenvalue weighted by molar-refractivity contribution is -0.114. The van der Waals surface area contributed by atoms with Crippen LogP contribution in [0.15, 0.2) is 68.4 Å². The Labute approximate surface area is 174 Å². The third-order valence-corrected chi connectivity index (χ3v) is 5.67. The van der Waals surface area contributed by atoms with Gasteiger partial charge in [0.15, 0.2) is 0 Å². The summed E-state index contributed by atoms with van der Waals surface area (Å²) < 4.78 is 34.0. The zero-order chi connectivity index (χ0) is 21.2. The van der Waals surface area contributed by atoms with E-state index in [1.807, 2.05) is 0 Å². The summed E-state index contributed by atoms with van der Waals surface area (Å²) >= 11 is 3.29. The Hall–Kier alpha value is -3.11. The first kappa shape index (κ1) is 20.6. The van der Waals surface area contributed by atoms with Gasteiger partial charge in [-0.15, -0.1) is 0 Å². The molecule has 0 atom stereocenters. The molecule has 3 rings (SSSR count). The number of carbonyl (C=O) groups excluding carboxylic acids is 1. The maximum atomic E-state index is 12.8. The van der Waals surface area contributed by atoms with Crippen LogP contribution >= 0.6 is 15.9 Å². The van der Waals surface area contributed by atoms with Crippen molar-refractivity contribution in [3.63, 3.8) is 0 Å². The van der Waals surface area contributed by atoms with Gasteiger partial charge in [0.1, 0.15) is 5.76 Å². The second-order valence-electron chi connectivity index (χ2n) is 5.97. The molecule has 150 valence electrons. The molecule has 0 aliphatic carbocycles. The highest BCUT2D eigenvalue weighted by Crippen LogP contribution is 2.33. The maximum Gasteiger partial charge on any atom is 0.371 e. The molecule has 0 unspecified atom stereocenters. The van der Waals surface area contributed by atoms with Gasteiger partial charge in [0.05, 0.1) is 10.6 Å². The minimum atomic E-state index is -3.96. The number of carbonyl (C=O) groups is 2. The zero-order valence-corrected chi connectivity index (χ0v) is 17.4. The summed E-state index contributed by atoms with van der Waals surface area (Å²) in [7, 11) is -3.96. The molecule has 1 amide bonds. The van der Waals surface area contributed by atoms with Crippen LogP contribution in [0.2, 0.25) is 0 Å². The number of hydrogen-bond acceptors (Lipinski definition) is 5. The molecule has 0 bridgehead atoms. The minimum absolute atomic E-state index is 0.0109. The standard InChI is InChI=1S/C19H15BrN2O6S/c1-11(23)21-13-3-5-14(6-4-13)29(26,27)22-16-10-12(20)2-7-15(16)17-8-9-18(28-17)19(24)25/h2-10,22H,1H3,(H,21,23)(H,24,25). The molecule has 3 N–H and O–H groups in total. The summed E-state index contributed by atoms with van der Waals surface area (Å²) in [5, 5.41) is 11.6. The molecule has 10 heteroatoms. The SMILES string of the molecule is CC(=O)Nc1ccc(S(=O)(=O)Nc2cc(Br)ccc2-c2ccc(C(=O)O)o2)cc1. The van der Waals surface area contributed by atoms with Gasteiger partial charge >= 0.3 is 5.97 Å². The van der Waals surface area contributed by atoms with Crippen molar-refractivity contribution in [3.8, 4) is 11.3 Å². The molecule has 0 aliphatic heterocycles. The van der Waals surface area contributed by atoms with Crippen LogP contribution < -0.4 is 10.0 Å². The minimum Gasteiger partial charge on any atom is -0.475 e. The van der Waals surface area contributed by atoms with Crippen molar-refractivity contribution in [2.24, 2.45) is 0 Å². The number of furan rings is 1. The lowest BCUT2D eigenvalue weighted by Gasteiger charge is -2.12. The van der Waals surface area contributed by atoms with Crippen LogP contribution in [0.1, 0.15) is 17.5 Å². The highest BCUT2D eigenvalue weighted by Gasteiger charge is 2.19. The molecule has 0 saturated carbocycles. The van der Waals surface area contributed by atoms with E-state index in [4.69, 9.17) is 9.52 Å². The van der Waals surface area contributed by atoms with Crippen LogP contribution in [0.5, 0.6) is 0 Å². The highest BCUT2D eigenvalue weighted by molar-refractivity contribution is 9.10. The Bertz CT molecular complexity index is 1190. The Morgan fingerprint density at radius 3 is 2.31 bits per heavy atom. The third-order valence-electron chi connectivity index (χ3n) is 3.79. The average Bonchev–Trinajstić information content (AvgIpc) is 3.11. The summed E-state index contributed by atoms with van der Waals surface area (Å²) in [4.78, 5) is 22.1. The van der Waals surface area contributed by atoms with E-state index in [0.717, 1.165) is 0 Å². The summed E-state index contributed by atoms with van der Waals surface area (Å²) in [6.07, 6.45) is 0. The number of amides is 1. The molecule has 0 spiro atoms. The monoisotopic (exact) mass is 478 g/mol. The first-order valence-corrected chi connectivity index (χ1v) is 10.5. The number of aromatic carboxylic acids is 1. The predicted molar refractivity (Wildman–Crippen MR) is 110 cm³/mol. The van der Waals surface area contributed by atoms with Crippen LogP contribution in [0, 0.1) is 0 Å². The summed E-state index contributed by atoms with van der Waals surface area (Å²) in [6, 6.07) is 13.2. The normalized spacial score (nSPS) is 11.1. The summed E-state index contributed by atoms with van der Waals surface area (Å²) in [6.45, 7) is 1.35. The first-order valence-electron chi connectivity index (χ1n) is 8.19. The third kappa shape index (κ3) is 4.84. The Kier molecular flexibility index (Phi) is 5.76. The average molecular weight is 479 g/mol. The Morgan fingerprint density at radius 1 is 1.03 bits per heavy atom. The van der Waals surface area contributed by atoms with Gasteiger partial charge < -0.3 is 14.8 Å². The fourth-order valence-corrected chi connectivity index (χ4v) is 3.97. The zero-order valence-electron chi connectivity index (χ0n) is 15.0. The van der Waals surface area contributed by atoms with Gasteiger partial charge in [-0.05, 0) is 54.6 Å². The van der Waals surface area contributed by atoms with E-state index in [1.165, 1.54) is 43.3 Å². The Balaban J connectivity index is 1.95. The molecule has 0 fully saturated rings. The fraction of sp³-hybridized carbons (Fsp3) is 0.0526. The van der Waals surface area contributed by atoms with E-state index in [-0.39, 0.29) is 28.0 Å². The number of halogens is 1. The molecule has 8 nitrogen and oxygen atoms in total. The number of rotatable bonds is 6. The van der Waals surface area contributed by atoms with E-state index in [0.29, 0.717) is 15.7 Å². The Morgan fingerprint density at radius 2 is 1.72 bits per heavy atom. The fourth-order valence-electron chi connectivity index (χ4n) is 2.54. The number of sulfonamides is 1. The van der Waals surface area contributed by atoms with Crippen LogP contribution in [0.3, 0.4) is 0 Å². The van der Waals surface area contributed by atoms with Crippen LogP contribution in [0.25, 0.3) is 11.3 Å². The van der Waals surface area contributed by atoms with Gasteiger partial charge in [0.25, 0.3) is 10.0 Å². The van der Waals surface area contributed by atoms with Crippen molar-refractivity contribution in [2.75, 3.05) is 10.0 Å². The van der Waals surface area contributed by atoms with Gasteiger partial charge in [-0.25, -0.2) is 13.2 Å². The van der Waals surface area contributed by atoms with E-state index >= 15 is 0 Å². The molecule has 2 aromatic carbocycles. The van der Waals surface area contributed by atoms with Crippen molar-refractivity contribution in [3.05, 3.63) is 64.8 Å². The van der Waals surface area contributed by atoms with E-state index < -0.39 is 16.0 Å². The molecular formula is C19H15BrN2O6S. The van der Waals surface area contributed by atoms with Crippen molar-refractivity contribution < 1.29 is 27.5 Å². The highest BCUT2D eigenvalue weighted by atomic mass is 79.9. The lowest BCUT2D eigenvalue weighted by atomic mass is 10.1. The number of benzene rings is 2. The van der Waals surface area contributed by atoms with E-state index in [1.54, 1.807) is 18.2 Å². The van der Waals surface area contributed by atoms with Crippen molar-refractivity contribution in [1.82, 2.24) is 0 Å². The van der Waals surface area contributed by atoms with Crippen molar-refractivity contribution in [2.45, 2.75) is 11.8 Å². The molecule has 0 radical (unpaired) electrons. The molecule has 3 aromatic rings.